The average molecular weight is 623 g/mol. The molecule has 232 valence electrons. The Bertz CT molecular complexity index is 1620. The smallest absolute Gasteiger partial charge is 0.402 e. The third kappa shape index (κ3) is 8.95. The number of nitrogens with two attached hydrogens (primary N) is 1. The Hall–Kier alpha value is -4.08. The van der Waals surface area contributed by atoms with E-state index in [-0.39, 0.29) is 24.9 Å². The Morgan fingerprint density at radius 2 is 1.84 bits per heavy atom. The summed E-state index contributed by atoms with van der Waals surface area (Å²) in [6.07, 6.45) is -1.65. The second-order valence-electron chi connectivity index (χ2n) is 10.4. The number of sulfone groups is 1. The first-order valence-corrected chi connectivity index (χ1v) is 15.1. The average Bonchev–Trinajstić information content (AvgIpc) is 3.28. The summed E-state index contributed by atoms with van der Waals surface area (Å²) in [7, 11) is -4.39. The summed E-state index contributed by atoms with van der Waals surface area (Å²) in [6.45, 7) is 2.76. The molecule has 0 radical (unpaired) electrons. The lowest BCUT2D eigenvalue weighted by Gasteiger charge is -2.28. The number of aromatic nitrogens is 1. The molecule has 15 heteroatoms. The molecule has 3 aromatic rings. The Morgan fingerprint density at radius 3 is 2.47 bits per heavy atom. The van der Waals surface area contributed by atoms with Crippen LogP contribution in [0.3, 0.4) is 0 Å². The van der Waals surface area contributed by atoms with Gasteiger partial charge in [0.15, 0.2) is 9.84 Å². The molecule has 0 bridgehead atoms. The molecule has 2 unspecified atom stereocenters. The molecule has 1 aromatic heterocycles. The molecule has 6 N–H and O–H groups in total. The molecule has 11 nitrogen and oxygen atoms in total. The van der Waals surface area contributed by atoms with Gasteiger partial charge in [-0.25, -0.2) is 18.2 Å². The fourth-order valence-corrected chi connectivity index (χ4v) is 5.66. The zero-order valence-corrected chi connectivity index (χ0v) is 24.1. The number of hydrogen-bond donors (Lipinski definition) is 5. The van der Waals surface area contributed by atoms with Gasteiger partial charge >= 0.3 is 12.1 Å². The number of nitrogens with one attached hydrogen (secondary N) is 2. The summed E-state index contributed by atoms with van der Waals surface area (Å²) >= 11 is 0. The summed E-state index contributed by atoms with van der Waals surface area (Å²) in [5.41, 5.74) is 8.40. The van der Waals surface area contributed by atoms with Crippen LogP contribution in [0.4, 0.5) is 18.9 Å². The highest BCUT2D eigenvalue weighted by Crippen LogP contribution is 2.25. The molecule has 4 rings (SSSR count). The number of carboxylic acids is 1. The first-order chi connectivity index (χ1) is 20.2. The van der Waals surface area contributed by atoms with E-state index in [1.54, 1.807) is 39.9 Å². The van der Waals surface area contributed by atoms with E-state index in [1.807, 2.05) is 25.1 Å². The van der Waals surface area contributed by atoms with Gasteiger partial charge in [0.1, 0.15) is 36.1 Å². The van der Waals surface area contributed by atoms with E-state index < -0.39 is 39.8 Å². The molecule has 1 aliphatic heterocycles. The molecule has 0 amide bonds. The van der Waals surface area contributed by atoms with Crippen LogP contribution in [0.2, 0.25) is 0 Å². The van der Waals surface area contributed by atoms with Gasteiger partial charge in [-0.2, -0.15) is 13.2 Å². The molecule has 2 heterocycles. The van der Waals surface area contributed by atoms with Crippen molar-refractivity contribution in [3.05, 3.63) is 77.6 Å². The van der Waals surface area contributed by atoms with Gasteiger partial charge in [-0.05, 0) is 60.9 Å². The number of aliphatic imine (C=N–C) groups is 1. The van der Waals surface area contributed by atoms with Gasteiger partial charge in [-0.1, -0.05) is 18.2 Å². The monoisotopic (exact) mass is 622 g/mol. The maximum absolute atomic E-state index is 12.4. The van der Waals surface area contributed by atoms with E-state index in [9.17, 15) is 36.6 Å². The number of aromatic carboxylic acids is 1. The highest BCUT2D eigenvalue weighted by molar-refractivity contribution is 7.91. The lowest BCUT2D eigenvalue weighted by molar-refractivity contribution is -0.106. The summed E-state index contributed by atoms with van der Waals surface area (Å²) < 4.78 is 62.3. The minimum absolute atomic E-state index is 0.00560. The quantitative estimate of drug-likeness (QED) is 0.193. The van der Waals surface area contributed by atoms with E-state index >= 15 is 0 Å². The van der Waals surface area contributed by atoms with Crippen LogP contribution in [0.25, 0.3) is 10.9 Å². The lowest BCUT2D eigenvalue weighted by atomic mass is 10.1. The largest absolute Gasteiger partial charge is 0.477 e. The molecule has 2 atom stereocenters. The van der Waals surface area contributed by atoms with Crippen LogP contribution in [0.15, 0.2) is 65.8 Å². The van der Waals surface area contributed by atoms with Crippen LogP contribution in [0.5, 0.6) is 0 Å². The number of halogens is 3. The van der Waals surface area contributed by atoms with Crippen LogP contribution in [0, 0.1) is 0 Å². The normalized spacial score (nSPS) is 15.4. The first kappa shape index (κ1) is 31.8. The Labute approximate surface area is 246 Å². The Balaban J connectivity index is 1.40. The van der Waals surface area contributed by atoms with Gasteiger partial charge in [0, 0.05) is 41.9 Å². The minimum Gasteiger partial charge on any atom is -0.477 e. The van der Waals surface area contributed by atoms with Gasteiger partial charge in [0.25, 0.3) is 0 Å². The predicted octanol–water partition coefficient (Wildman–Crippen LogP) is 2.72. The maximum Gasteiger partial charge on any atom is 0.402 e. The van der Waals surface area contributed by atoms with Crippen molar-refractivity contribution in [1.82, 2.24) is 14.8 Å². The number of hydrogen-bond acceptors (Lipinski definition) is 9. The number of amidine groups is 1. The number of alkyl halides is 3. The number of nitrogens with zero attached hydrogens (tertiary/aromatic N) is 3. The first-order valence-electron chi connectivity index (χ1n) is 13.3. The second kappa shape index (κ2) is 13.1. The molecular formula is C28H33F3N6O5S. The van der Waals surface area contributed by atoms with Crippen molar-refractivity contribution in [2.45, 2.75) is 38.3 Å². The minimum atomic E-state index is -4.82. The fraction of sp³-hybridized carbons (Fsp3) is 0.357. The number of carbonyl (C=O) groups is 1. The predicted molar refractivity (Wildman–Crippen MR) is 157 cm³/mol. The lowest BCUT2D eigenvalue weighted by Crippen LogP contribution is -2.44. The van der Waals surface area contributed by atoms with E-state index in [0.29, 0.717) is 35.6 Å². The van der Waals surface area contributed by atoms with E-state index in [0.717, 1.165) is 10.9 Å². The molecule has 0 spiro atoms. The number of carboxylic acid groups (broad SMARTS) is 1. The topological polar surface area (TPSA) is 162 Å². The maximum atomic E-state index is 12.4. The summed E-state index contributed by atoms with van der Waals surface area (Å²) in [5.74, 6) is -3.47. The highest BCUT2D eigenvalue weighted by atomic mass is 32.2. The fourth-order valence-electron chi connectivity index (χ4n) is 4.68. The van der Waals surface area contributed by atoms with Crippen LogP contribution < -0.4 is 16.4 Å². The van der Waals surface area contributed by atoms with Crippen molar-refractivity contribution in [1.29, 1.82) is 0 Å². The third-order valence-electron chi connectivity index (χ3n) is 6.79. The molecule has 0 saturated carbocycles. The van der Waals surface area contributed by atoms with Gasteiger partial charge in [0.2, 0.25) is 0 Å². The molecule has 0 fully saturated rings. The van der Waals surface area contributed by atoms with Crippen LogP contribution in [0.1, 0.15) is 28.5 Å². The molecule has 1 aliphatic rings. The number of benzene rings is 2. The van der Waals surface area contributed by atoms with E-state index in [1.165, 1.54) is 12.1 Å². The second-order valence-corrected chi connectivity index (χ2v) is 12.4. The SMILES string of the molecule is CC(Cc1ccc2c(c1)cc(C(=O)O)n2Cc1ccc(NCS(=O)(=O)CC(F)(F)F)cc1)NCC(O)N1C=CC(N)=NC1. The van der Waals surface area contributed by atoms with Gasteiger partial charge < -0.3 is 36.0 Å². The van der Waals surface area contributed by atoms with Gasteiger partial charge in [-0.3, -0.25) is 0 Å². The number of fused-ring (bicyclic) bond motifs is 1. The Morgan fingerprint density at radius 1 is 1.14 bits per heavy atom. The molecule has 0 saturated heterocycles. The highest BCUT2D eigenvalue weighted by Gasteiger charge is 2.34. The Kier molecular flexibility index (Phi) is 9.67. The van der Waals surface area contributed by atoms with Gasteiger partial charge in [-0.15, -0.1) is 0 Å². The van der Waals surface area contributed by atoms with Crippen LogP contribution in [-0.2, 0) is 22.8 Å². The molecule has 43 heavy (non-hydrogen) atoms. The van der Waals surface area contributed by atoms with Crippen molar-refractivity contribution >= 4 is 38.2 Å². The van der Waals surface area contributed by atoms with Crippen molar-refractivity contribution < 1.29 is 36.6 Å². The van der Waals surface area contributed by atoms with E-state index in [4.69, 9.17) is 5.73 Å². The van der Waals surface area contributed by atoms with Crippen molar-refractivity contribution in [2.24, 2.45) is 10.7 Å². The summed E-state index contributed by atoms with van der Waals surface area (Å²) in [5, 5.41) is 26.8. The summed E-state index contributed by atoms with van der Waals surface area (Å²) in [6, 6.07) is 13.6. The molecular weight excluding hydrogens is 589 g/mol. The van der Waals surface area contributed by atoms with Crippen molar-refractivity contribution in [3.63, 3.8) is 0 Å². The number of rotatable bonds is 13. The van der Waals surface area contributed by atoms with Crippen LogP contribution >= 0.6 is 0 Å². The number of aliphatic hydroxyl groups is 1. The van der Waals surface area contributed by atoms with E-state index in [2.05, 4.69) is 15.6 Å². The van der Waals surface area contributed by atoms with Gasteiger partial charge in [0.05, 0.1) is 0 Å². The standard InChI is InChI=1S/C28H33F3N6O5S/c1-18(33-13-26(38)36-9-8-25(32)34-16-36)10-20-4-7-23-21(11-20)12-24(27(39)40)37(23)14-19-2-5-22(6-3-19)35-17-43(41,42)15-28(29,30)31/h2-9,11-12,18,26,33,35,38H,10,13-17H2,1H3,(H2,32,34)(H,39,40). The van der Waals surface area contributed by atoms with Crippen molar-refractivity contribution in [2.75, 3.05) is 30.2 Å². The zero-order valence-electron chi connectivity index (χ0n) is 23.3. The number of aliphatic hydroxyl groups excluding tert-OH is 1. The number of anilines is 1. The third-order valence-corrected chi connectivity index (χ3v) is 8.14. The van der Waals surface area contributed by atoms with Crippen molar-refractivity contribution in [3.8, 4) is 0 Å². The molecule has 2 aromatic carbocycles. The summed E-state index contributed by atoms with van der Waals surface area (Å²) in [4.78, 5) is 17.8. The molecule has 0 aliphatic carbocycles. The van der Waals surface area contributed by atoms with Crippen LogP contribution in [-0.4, -0.2) is 83.2 Å². The zero-order chi connectivity index (χ0) is 31.4.